The molecule has 0 bridgehead atoms. The lowest BCUT2D eigenvalue weighted by Crippen LogP contribution is -2.23. The number of aliphatic hydroxyl groups is 1. The van der Waals surface area contributed by atoms with Gasteiger partial charge in [-0.25, -0.2) is 4.79 Å². The summed E-state index contributed by atoms with van der Waals surface area (Å²) >= 11 is 0. The average molecular weight is 275 g/mol. The number of nitrogens with one attached hydrogen (secondary N) is 1. The molecule has 0 saturated carbocycles. The standard InChI is InChI=1S/C14H17N3O3/c1-8(7-9(2)18)15-12-10-5-3-4-6-11(10)16-17-13(12)14(19)20/h3-6,8-9,18H,7H2,1-2H3,(H,15,16)(H,19,20). The highest BCUT2D eigenvalue weighted by Crippen LogP contribution is 2.25. The summed E-state index contributed by atoms with van der Waals surface area (Å²) in [5, 5.41) is 30.1. The van der Waals surface area contributed by atoms with Gasteiger partial charge in [-0.15, -0.1) is 10.2 Å². The highest BCUT2D eigenvalue weighted by Gasteiger charge is 2.18. The summed E-state index contributed by atoms with van der Waals surface area (Å²) in [6.07, 6.45) is 0.0437. The molecule has 3 N–H and O–H groups in total. The minimum Gasteiger partial charge on any atom is -0.476 e. The lowest BCUT2D eigenvalue weighted by Gasteiger charge is -2.18. The smallest absolute Gasteiger partial charge is 0.358 e. The van der Waals surface area contributed by atoms with Crippen molar-refractivity contribution in [2.75, 3.05) is 5.32 Å². The predicted molar refractivity (Wildman–Crippen MR) is 75.9 cm³/mol. The first kappa shape index (κ1) is 14.2. The van der Waals surface area contributed by atoms with Crippen LogP contribution in [0.25, 0.3) is 10.9 Å². The molecular weight excluding hydrogens is 258 g/mol. The molecular formula is C14H17N3O3. The number of aliphatic hydroxyl groups excluding tert-OH is 1. The molecule has 20 heavy (non-hydrogen) atoms. The van der Waals surface area contributed by atoms with E-state index >= 15 is 0 Å². The fraction of sp³-hybridized carbons (Fsp3) is 0.357. The Balaban J connectivity index is 2.47. The zero-order valence-corrected chi connectivity index (χ0v) is 11.4. The van der Waals surface area contributed by atoms with Crippen molar-refractivity contribution in [3.63, 3.8) is 0 Å². The second-order valence-electron chi connectivity index (χ2n) is 4.88. The van der Waals surface area contributed by atoms with Gasteiger partial charge >= 0.3 is 5.97 Å². The van der Waals surface area contributed by atoms with Crippen molar-refractivity contribution in [2.45, 2.75) is 32.4 Å². The third kappa shape index (κ3) is 3.03. The van der Waals surface area contributed by atoms with Gasteiger partial charge < -0.3 is 15.5 Å². The topological polar surface area (TPSA) is 95.3 Å². The largest absolute Gasteiger partial charge is 0.476 e. The summed E-state index contributed by atoms with van der Waals surface area (Å²) in [5.74, 6) is -1.13. The van der Waals surface area contributed by atoms with Crippen molar-refractivity contribution in [1.82, 2.24) is 10.2 Å². The van der Waals surface area contributed by atoms with Gasteiger partial charge in [0.25, 0.3) is 0 Å². The molecule has 2 rings (SSSR count). The fourth-order valence-electron chi connectivity index (χ4n) is 2.17. The Labute approximate surface area is 116 Å². The molecule has 0 amide bonds. The summed E-state index contributed by atoms with van der Waals surface area (Å²) in [5.41, 5.74) is 0.960. The number of benzene rings is 1. The molecule has 1 aromatic heterocycles. The first-order valence-corrected chi connectivity index (χ1v) is 6.42. The quantitative estimate of drug-likeness (QED) is 0.771. The Hall–Kier alpha value is -2.21. The van der Waals surface area contributed by atoms with Crippen LogP contribution in [0.2, 0.25) is 0 Å². The van der Waals surface area contributed by atoms with Crippen LogP contribution < -0.4 is 5.32 Å². The van der Waals surface area contributed by atoms with E-state index in [4.69, 9.17) is 0 Å². The van der Waals surface area contributed by atoms with Crippen LogP contribution in [0, 0.1) is 0 Å². The molecule has 2 aromatic rings. The molecule has 6 nitrogen and oxygen atoms in total. The van der Waals surface area contributed by atoms with Crippen LogP contribution in [0.3, 0.4) is 0 Å². The molecule has 2 atom stereocenters. The maximum Gasteiger partial charge on any atom is 0.358 e. The van der Waals surface area contributed by atoms with Crippen LogP contribution in [-0.2, 0) is 0 Å². The van der Waals surface area contributed by atoms with E-state index in [9.17, 15) is 15.0 Å². The van der Waals surface area contributed by atoms with Crippen molar-refractivity contribution in [1.29, 1.82) is 0 Å². The zero-order chi connectivity index (χ0) is 14.7. The van der Waals surface area contributed by atoms with E-state index in [0.717, 1.165) is 0 Å². The SMILES string of the molecule is CC(O)CC(C)Nc1c(C(=O)O)nnc2ccccc12. The fourth-order valence-corrected chi connectivity index (χ4v) is 2.17. The molecule has 6 heteroatoms. The summed E-state index contributed by atoms with van der Waals surface area (Å²) in [7, 11) is 0. The predicted octanol–water partition coefficient (Wildman–Crippen LogP) is 1.90. The van der Waals surface area contributed by atoms with Gasteiger partial charge in [0.15, 0.2) is 5.69 Å². The highest BCUT2D eigenvalue weighted by molar-refractivity contribution is 6.02. The lowest BCUT2D eigenvalue weighted by atomic mass is 10.1. The molecule has 0 aliphatic rings. The lowest BCUT2D eigenvalue weighted by molar-refractivity contribution is 0.0690. The Morgan fingerprint density at radius 3 is 2.65 bits per heavy atom. The normalized spacial score (nSPS) is 13.9. The highest BCUT2D eigenvalue weighted by atomic mass is 16.4. The molecule has 1 heterocycles. The van der Waals surface area contributed by atoms with E-state index in [1.54, 1.807) is 19.1 Å². The summed E-state index contributed by atoms with van der Waals surface area (Å²) in [6.45, 7) is 3.58. The van der Waals surface area contributed by atoms with Gasteiger partial charge in [-0.2, -0.15) is 0 Å². The number of nitrogens with zero attached hydrogens (tertiary/aromatic N) is 2. The van der Waals surface area contributed by atoms with E-state index in [0.29, 0.717) is 23.0 Å². The Kier molecular flexibility index (Phi) is 4.14. The molecule has 2 unspecified atom stereocenters. The van der Waals surface area contributed by atoms with Crippen molar-refractivity contribution < 1.29 is 15.0 Å². The first-order chi connectivity index (χ1) is 9.49. The second kappa shape index (κ2) is 5.83. The van der Waals surface area contributed by atoms with Crippen molar-refractivity contribution in [3.05, 3.63) is 30.0 Å². The number of rotatable bonds is 5. The number of carboxylic acid groups (broad SMARTS) is 1. The third-order valence-corrected chi connectivity index (χ3v) is 2.96. The molecule has 1 aromatic carbocycles. The Bertz CT molecular complexity index is 628. The number of carboxylic acids is 1. The van der Waals surface area contributed by atoms with E-state index in [1.165, 1.54) is 0 Å². The van der Waals surface area contributed by atoms with Gasteiger partial charge in [-0.1, -0.05) is 18.2 Å². The molecule has 0 radical (unpaired) electrons. The number of carbonyl (C=O) groups is 1. The van der Waals surface area contributed by atoms with E-state index in [2.05, 4.69) is 15.5 Å². The number of aromatic nitrogens is 2. The minimum atomic E-state index is -1.13. The number of hydrogen-bond acceptors (Lipinski definition) is 5. The molecule has 0 saturated heterocycles. The summed E-state index contributed by atoms with van der Waals surface area (Å²) < 4.78 is 0. The van der Waals surface area contributed by atoms with Crippen LogP contribution in [0.15, 0.2) is 24.3 Å². The first-order valence-electron chi connectivity index (χ1n) is 6.42. The van der Waals surface area contributed by atoms with Gasteiger partial charge in [0.2, 0.25) is 0 Å². The van der Waals surface area contributed by atoms with Crippen LogP contribution in [0.5, 0.6) is 0 Å². The van der Waals surface area contributed by atoms with Gasteiger partial charge in [0, 0.05) is 11.4 Å². The summed E-state index contributed by atoms with van der Waals surface area (Å²) in [6, 6.07) is 7.13. The number of fused-ring (bicyclic) bond motifs is 1. The van der Waals surface area contributed by atoms with Crippen LogP contribution in [-0.4, -0.2) is 38.5 Å². The maximum atomic E-state index is 11.3. The third-order valence-electron chi connectivity index (χ3n) is 2.96. The summed E-state index contributed by atoms with van der Waals surface area (Å²) in [4.78, 5) is 11.3. The molecule has 0 fully saturated rings. The van der Waals surface area contributed by atoms with Crippen LogP contribution >= 0.6 is 0 Å². The van der Waals surface area contributed by atoms with E-state index < -0.39 is 12.1 Å². The van der Waals surface area contributed by atoms with Gasteiger partial charge in [0.1, 0.15) is 0 Å². The van der Waals surface area contributed by atoms with E-state index in [1.807, 2.05) is 19.1 Å². The van der Waals surface area contributed by atoms with Gasteiger partial charge in [-0.05, 0) is 26.3 Å². The number of hydrogen-bond donors (Lipinski definition) is 3. The zero-order valence-electron chi connectivity index (χ0n) is 11.4. The number of anilines is 1. The Morgan fingerprint density at radius 2 is 2.00 bits per heavy atom. The monoisotopic (exact) mass is 275 g/mol. The van der Waals surface area contributed by atoms with Gasteiger partial charge in [0.05, 0.1) is 17.3 Å². The molecule has 106 valence electrons. The molecule has 0 aliphatic carbocycles. The molecule has 0 aliphatic heterocycles. The average Bonchev–Trinajstić information content (AvgIpc) is 2.37. The van der Waals surface area contributed by atoms with Crippen molar-refractivity contribution in [2.24, 2.45) is 0 Å². The van der Waals surface area contributed by atoms with Crippen molar-refractivity contribution in [3.8, 4) is 0 Å². The number of aromatic carboxylic acids is 1. The maximum absolute atomic E-state index is 11.3. The minimum absolute atomic E-state index is 0.0827. The van der Waals surface area contributed by atoms with E-state index in [-0.39, 0.29) is 11.7 Å². The van der Waals surface area contributed by atoms with Crippen molar-refractivity contribution >= 4 is 22.6 Å². The molecule has 0 spiro atoms. The van der Waals surface area contributed by atoms with Crippen LogP contribution in [0.4, 0.5) is 5.69 Å². The Morgan fingerprint density at radius 1 is 1.30 bits per heavy atom. The van der Waals surface area contributed by atoms with Crippen LogP contribution in [0.1, 0.15) is 30.8 Å². The second-order valence-corrected chi connectivity index (χ2v) is 4.88. The van der Waals surface area contributed by atoms with Gasteiger partial charge in [-0.3, -0.25) is 0 Å².